The highest BCUT2D eigenvalue weighted by Gasteiger charge is 2.53. The normalized spacial score (nSPS) is 18.4. The van der Waals surface area contributed by atoms with Crippen molar-refractivity contribution in [3.8, 4) is 0 Å². The highest BCUT2D eigenvalue weighted by Crippen LogP contribution is 2.69. The fraction of sp³-hybridized carbons (Fsp3) is 0.556. The van der Waals surface area contributed by atoms with E-state index >= 15 is 0 Å². The number of hydrogen-bond acceptors (Lipinski definition) is 8. The number of nitrogens with zero attached hydrogens (tertiary/aromatic N) is 2. The number of allylic oxidation sites excluding steroid dienone is 5. The molecule has 1 aromatic rings. The number of hydrogen-bond donors (Lipinski definition) is 0. The van der Waals surface area contributed by atoms with Crippen molar-refractivity contribution in [3.05, 3.63) is 64.4 Å². The van der Waals surface area contributed by atoms with Crippen LogP contribution in [-0.2, 0) is 29.1 Å². The van der Waals surface area contributed by atoms with E-state index in [2.05, 4.69) is 54.0 Å². The van der Waals surface area contributed by atoms with Gasteiger partial charge < -0.3 is 23.4 Å². The maximum atomic E-state index is 14.5. The Morgan fingerprint density at radius 3 is 1.93 bits per heavy atom. The van der Waals surface area contributed by atoms with Crippen LogP contribution in [0.5, 0.6) is 0 Å². The molecule has 0 saturated carbocycles. The van der Waals surface area contributed by atoms with Crippen molar-refractivity contribution in [1.82, 2.24) is 4.90 Å². The average Bonchev–Trinajstić information content (AvgIpc) is 2.76. The molecule has 0 aromatic heterocycles. The molecule has 0 fully saturated rings. The van der Waals surface area contributed by atoms with Gasteiger partial charge in [0, 0.05) is 40.0 Å². The first kappa shape index (κ1) is 34.0. The molecule has 13 heteroatoms. The van der Waals surface area contributed by atoms with E-state index in [-0.39, 0.29) is 17.6 Å². The molecule has 0 amide bonds. The van der Waals surface area contributed by atoms with Gasteiger partial charge in [-0.05, 0) is 64.8 Å². The first-order valence-electron chi connectivity index (χ1n) is 12.6. The Morgan fingerprint density at radius 1 is 1.02 bits per heavy atom. The third-order valence-corrected chi connectivity index (χ3v) is 9.42. The number of likely N-dealkylation sites (N-methyl/N-ethyl adjacent to an activating group) is 1. The van der Waals surface area contributed by atoms with E-state index in [1.54, 1.807) is 0 Å². The van der Waals surface area contributed by atoms with Gasteiger partial charge in [-0.2, -0.15) is 13.2 Å². The summed E-state index contributed by atoms with van der Waals surface area (Å²) in [4.78, 5) is 4.17. The van der Waals surface area contributed by atoms with Crippen LogP contribution < -0.4 is 4.90 Å². The summed E-state index contributed by atoms with van der Waals surface area (Å²) in [5.74, 6) is 0. The number of benzene rings is 1. The minimum Gasteiger partial charge on any atom is -0.741 e. The van der Waals surface area contributed by atoms with Gasteiger partial charge in [0.15, 0.2) is 10.1 Å². The molecule has 0 spiro atoms. The average molecular weight is 607 g/mol. The molecule has 1 atom stereocenters. The SMILES string of the molecule is CC(C)OP(=O)(OC(C)C)C1C2=C(C=C(N(C)C)C=[C+]2)C(C)(C)c2cc(N(C)C)ccc21.O=S(=O)([O-])C(F)(F)F. The van der Waals surface area contributed by atoms with Gasteiger partial charge >= 0.3 is 13.1 Å². The van der Waals surface area contributed by atoms with E-state index in [0.29, 0.717) is 0 Å². The predicted molar refractivity (Wildman–Crippen MR) is 149 cm³/mol. The summed E-state index contributed by atoms with van der Waals surface area (Å²) in [6, 6.07) is 6.38. The molecule has 3 rings (SSSR count). The Bertz CT molecular complexity index is 1330. The summed E-state index contributed by atoms with van der Waals surface area (Å²) in [5.41, 5.74) is -0.158. The highest BCUT2D eigenvalue weighted by atomic mass is 32.2. The zero-order chi connectivity index (χ0) is 31.0. The van der Waals surface area contributed by atoms with Gasteiger partial charge in [-0.3, -0.25) is 4.57 Å². The maximum Gasteiger partial charge on any atom is 0.485 e. The fourth-order valence-electron chi connectivity index (χ4n) is 4.46. The Labute approximate surface area is 235 Å². The van der Waals surface area contributed by atoms with Gasteiger partial charge in [0.2, 0.25) is 0 Å². The number of fused-ring (bicyclic) bond motifs is 1. The minimum atomic E-state index is -6.09. The lowest BCUT2D eigenvalue weighted by Crippen LogP contribution is -2.32. The molecule has 0 heterocycles. The van der Waals surface area contributed by atoms with Crippen LogP contribution in [0, 0.1) is 6.08 Å². The van der Waals surface area contributed by atoms with Crippen molar-refractivity contribution in [3.63, 3.8) is 0 Å². The summed E-state index contributed by atoms with van der Waals surface area (Å²) in [6.45, 7) is 12.1. The van der Waals surface area contributed by atoms with Crippen LogP contribution in [0.25, 0.3) is 0 Å². The molecule has 1 aromatic carbocycles. The van der Waals surface area contributed by atoms with E-state index in [1.807, 2.05) is 62.0 Å². The first-order valence-corrected chi connectivity index (χ1v) is 15.6. The van der Waals surface area contributed by atoms with Crippen molar-refractivity contribution in [2.24, 2.45) is 0 Å². The van der Waals surface area contributed by atoms with Gasteiger partial charge in [-0.1, -0.05) is 6.07 Å². The van der Waals surface area contributed by atoms with E-state index in [0.717, 1.165) is 33.7 Å². The molecule has 40 heavy (non-hydrogen) atoms. The van der Waals surface area contributed by atoms with Gasteiger partial charge in [0.05, 0.1) is 29.3 Å². The van der Waals surface area contributed by atoms with Crippen molar-refractivity contribution in [2.75, 3.05) is 33.1 Å². The fourth-order valence-corrected chi connectivity index (χ4v) is 7.03. The molecule has 0 N–H and O–H groups in total. The van der Waals surface area contributed by atoms with Gasteiger partial charge in [0.25, 0.3) is 0 Å². The standard InChI is InChI=1S/C26H38N2O3P.CHF3O3S/c1-17(2)30-32(29,31-18(3)4)25-21-13-11-19(27(7)8)15-23(21)26(5,6)24-16-20(28(9)10)12-14-22(24)25;2-1(3,4)8(5,6)7/h11-13,15-18,25H,1-10H3;(H,5,6,7)/q+1;/p-1. The predicted octanol–water partition coefficient (Wildman–Crippen LogP) is 6.29. The second-order valence-electron chi connectivity index (χ2n) is 11.0. The Morgan fingerprint density at radius 2 is 1.52 bits per heavy atom. The van der Waals surface area contributed by atoms with E-state index in [1.165, 1.54) is 0 Å². The number of rotatable bonds is 7. The van der Waals surface area contributed by atoms with E-state index < -0.39 is 28.9 Å². The van der Waals surface area contributed by atoms with Crippen molar-refractivity contribution >= 4 is 23.4 Å². The lowest BCUT2D eigenvalue weighted by Gasteiger charge is -2.39. The molecule has 2 aliphatic rings. The largest absolute Gasteiger partial charge is 0.741 e. The number of halogens is 3. The molecule has 0 aliphatic heterocycles. The quantitative estimate of drug-likeness (QED) is 0.155. The Kier molecular flexibility index (Phi) is 10.2. The molecular weight excluding hydrogens is 568 g/mol. The monoisotopic (exact) mass is 606 g/mol. The van der Waals surface area contributed by atoms with Crippen LogP contribution in [-0.4, -0.2) is 63.8 Å². The lowest BCUT2D eigenvalue weighted by molar-refractivity contribution is -0.0517. The van der Waals surface area contributed by atoms with E-state index in [4.69, 9.17) is 22.0 Å². The summed E-state index contributed by atoms with van der Waals surface area (Å²) in [7, 11) is -1.53. The second-order valence-corrected chi connectivity index (χ2v) is 14.4. The number of alkyl halides is 3. The molecule has 224 valence electrons. The molecule has 2 aliphatic carbocycles. The zero-order valence-corrected chi connectivity index (χ0v) is 26.2. The van der Waals surface area contributed by atoms with Crippen molar-refractivity contribution < 1.29 is 39.8 Å². The minimum absolute atomic E-state index is 0.233. The van der Waals surface area contributed by atoms with Crippen LogP contribution in [0.1, 0.15) is 58.3 Å². The van der Waals surface area contributed by atoms with Crippen LogP contribution in [0.4, 0.5) is 18.9 Å². The van der Waals surface area contributed by atoms with Gasteiger partial charge in [0.1, 0.15) is 23.0 Å². The summed E-state index contributed by atoms with van der Waals surface area (Å²) < 4.78 is 85.6. The molecule has 0 radical (unpaired) electrons. The van der Waals surface area contributed by atoms with Crippen LogP contribution >= 0.6 is 7.60 Å². The summed E-state index contributed by atoms with van der Waals surface area (Å²) >= 11 is 0. The third-order valence-electron chi connectivity index (χ3n) is 6.26. The molecular formula is C27H38F3N2O6PS. The second kappa shape index (κ2) is 12.0. The Hall–Kier alpha value is -2.20. The van der Waals surface area contributed by atoms with Crippen LogP contribution in [0.2, 0.25) is 0 Å². The highest BCUT2D eigenvalue weighted by molar-refractivity contribution is 7.86. The molecule has 8 nitrogen and oxygen atoms in total. The van der Waals surface area contributed by atoms with Gasteiger partial charge in [-0.15, -0.1) is 0 Å². The Balaban J connectivity index is 0.000000611. The van der Waals surface area contributed by atoms with Crippen LogP contribution in [0.15, 0.2) is 47.2 Å². The smallest absolute Gasteiger partial charge is 0.485 e. The first-order chi connectivity index (χ1) is 18.0. The topological polar surface area (TPSA) is 99.2 Å². The van der Waals surface area contributed by atoms with Crippen LogP contribution in [0.3, 0.4) is 0 Å². The summed E-state index contributed by atoms with van der Waals surface area (Å²) in [5, 5.41) is 0. The van der Waals surface area contributed by atoms with Crippen molar-refractivity contribution in [1.29, 1.82) is 0 Å². The van der Waals surface area contributed by atoms with E-state index in [9.17, 15) is 17.7 Å². The molecule has 1 unspecified atom stereocenters. The zero-order valence-electron chi connectivity index (χ0n) is 24.5. The van der Waals surface area contributed by atoms with Gasteiger partial charge in [-0.25, -0.2) is 8.42 Å². The third kappa shape index (κ3) is 7.35. The van der Waals surface area contributed by atoms with Crippen molar-refractivity contribution in [2.45, 2.75) is 70.3 Å². The maximum absolute atomic E-state index is 14.5. The molecule has 0 bridgehead atoms. The summed E-state index contributed by atoms with van der Waals surface area (Å²) in [6.07, 6.45) is 7.19. The lowest BCUT2D eigenvalue weighted by atomic mass is 9.67. The number of anilines is 1. The molecule has 0 saturated heterocycles.